The minimum Gasteiger partial charge on any atom is -0.512 e. The number of ketones is 1. The van der Waals surface area contributed by atoms with E-state index in [0.29, 0.717) is 36.2 Å². The summed E-state index contributed by atoms with van der Waals surface area (Å²) in [4.78, 5) is 12.9. The molecule has 0 amide bonds. The molecule has 25 heavy (non-hydrogen) atoms. The maximum absolute atomic E-state index is 12.9. The lowest BCUT2D eigenvalue weighted by atomic mass is 9.70. The molecule has 0 unspecified atom stereocenters. The number of fused-ring (bicyclic) bond motifs is 2. The van der Waals surface area contributed by atoms with E-state index in [1.54, 1.807) is 0 Å². The molecule has 3 aliphatic carbocycles. The number of allylic oxidation sites excluding steroid dienone is 1. The molecule has 140 valence electrons. The number of carbonyl (C=O) groups excluding carboxylic acids is 1. The van der Waals surface area contributed by atoms with E-state index in [1.807, 2.05) is 0 Å². The normalized spacial score (nSPS) is 41.1. The topological polar surface area (TPSA) is 59.1 Å². The fourth-order valence-electron chi connectivity index (χ4n) is 5.13. The average molecular weight is 365 g/mol. The van der Waals surface area contributed by atoms with Crippen molar-refractivity contribution in [2.75, 3.05) is 0 Å². The molecule has 5 atom stereocenters. The molecule has 5 heteroatoms. The first-order valence-corrected chi connectivity index (χ1v) is 12.7. The van der Waals surface area contributed by atoms with Crippen molar-refractivity contribution in [1.82, 2.24) is 0 Å². The van der Waals surface area contributed by atoms with E-state index in [2.05, 4.69) is 33.9 Å². The fraction of sp³-hybridized carbons (Fsp3) is 0.850. The van der Waals surface area contributed by atoms with Crippen molar-refractivity contribution in [1.29, 1.82) is 0 Å². The summed E-state index contributed by atoms with van der Waals surface area (Å²) >= 11 is 0. The van der Waals surface area contributed by atoms with Gasteiger partial charge in [-0.15, -0.1) is 0 Å². The summed E-state index contributed by atoms with van der Waals surface area (Å²) < 4.78 is 12.9. The number of aliphatic hydroxyl groups is 1. The third kappa shape index (κ3) is 2.65. The maximum atomic E-state index is 12.9. The summed E-state index contributed by atoms with van der Waals surface area (Å²) in [6.45, 7) is 11.4. The molecule has 4 aliphatic rings. The monoisotopic (exact) mass is 364 g/mol. The third-order valence-corrected chi connectivity index (χ3v) is 12.1. The number of rotatable bonds is 2. The highest BCUT2D eigenvalue weighted by atomic mass is 28.4. The molecular weight excluding hydrogens is 332 g/mol. The molecule has 2 saturated carbocycles. The van der Waals surface area contributed by atoms with Gasteiger partial charge in [0.05, 0.1) is 24.1 Å². The quantitative estimate of drug-likeness (QED) is 0.578. The van der Waals surface area contributed by atoms with Gasteiger partial charge < -0.3 is 14.3 Å². The Labute approximate surface area is 152 Å². The Morgan fingerprint density at radius 3 is 2.64 bits per heavy atom. The third-order valence-electron chi connectivity index (χ3n) is 7.60. The number of ether oxygens (including phenoxy) is 1. The van der Waals surface area contributed by atoms with E-state index >= 15 is 0 Å². The van der Waals surface area contributed by atoms with Crippen molar-refractivity contribution in [2.45, 2.75) is 95.7 Å². The van der Waals surface area contributed by atoms with Crippen LogP contribution in [0.4, 0.5) is 0 Å². The Balaban J connectivity index is 1.80. The molecule has 1 spiro atoms. The largest absolute Gasteiger partial charge is 0.512 e. The lowest BCUT2D eigenvalue weighted by molar-refractivity contribution is -0.116. The van der Waals surface area contributed by atoms with Gasteiger partial charge in [-0.3, -0.25) is 4.79 Å². The predicted octanol–water partition coefficient (Wildman–Crippen LogP) is 4.51. The molecule has 0 aromatic carbocycles. The zero-order valence-electron chi connectivity index (χ0n) is 16.2. The number of epoxide rings is 1. The van der Waals surface area contributed by atoms with Crippen molar-refractivity contribution in [3.8, 4) is 0 Å². The van der Waals surface area contributed by atoms with Crippen LogP contribution in [0.3, 0.4) is 0 Å². The first-order chi connectivity index (χ1) is 11.6. The van der Waals surface area contributed by atoms with Crippen LogP contribution in [0.15, 0.2) is 11.3 Å². The van der Waals surface area contributed by atoms with Crippen LogP contribution >= 0.6 is 0 Å². The lowest BCUT2D eigenvalue weighted by Gasteiger charge is -2.47. The number of Topliss-reactive ketones (excluding diaryl/α,β-unsaturated/α-hetero) is 1. The number of aliphatic hydroxyl groups excluding tert-OH is 1. The molecule has 1 heterocycles. The molecule has 0 aromatic heterocycles. The summed E-state index contributed by atoms with van der Waals surface area (Å²) in [7, 11) is -1.98. The van der Waals surface area contributed by atoms with Gasteiger partial charge in [0.1, 0.15) is 0 Å². The van der Waals surface area contributed by atoms with Gasteiger partial charge >= 0.3 is 0 Å². The van der Waals surface area contributed by atoms with E-state index < -0.39 is 8.32 Å². The molecule has 4 rings (SSSR count). The molecule has 1 aliphatic heterocycles. The molecule has 0 radical (unpaired) electrons. The summed E-state index contributed by atoms with van der Waals surface area (Å²) in [6, 6.07) is 0. The SMILES string of the molecule is CC(C)(C)[Si](C)(C)O[C@@H]1[C@H]2CCC(=O)C3=C(O)CC[C@]31C[C@H]1O[C@H]1C2. The van der Waals surface area contributed by atoms with Crippen molar-refractivity contribution < 1.29 is 19.1 Å². The molecule has 0 aromatic rings. The zero-order valence-corrected chi connectivity index (χ0v) is 17.2. The van der Waals surface area contributed by atoms with Crippen LogP contribution in [0.1, 0.15) is 59.3 Å². The Bertz CT molecular complexity index is 632. The van der Waals surface area contributed by atoms with Crippen molar-refractivity contribution in [3.63, 3.8) is 0 Å². The van der Waals surface area contributed by atoms with E-state index in [4.69, 9.17) is 9.16 Å². The summed E-state index contributed by atoms with van der Waals surface area (Å²) in [5.74, 6) is 0.841. The fourth-order valence-corrected chi connectivity index (χ4v) is 6.54. The summed E-state index contributed by atoms with van der Waals surface area (Å²) in [5, 5.41) is 10.7. The second-order valence-electron chi connectivity index (χ2n) is 10.2. The van der Waals surface area contributed by atoms with Gasteiger partial charge in [-0.2, -0.15) is 0 Å². The van der Waals surface area contributed by atoms with Crippen LogP contribution in [0.5, 0.6) is 0 Å². The first kappa shape index (κ1) is 17.7. The van der Waals surface area contributed by atoms with Crippen LogP contribution in [0, 0.1) is 11.3 Å². The molecule has 4 nitrogen and oxygen atoms in total. The summed E-state index contributed by atoms with van der Waals surface area (Å²) in [5.41, 5.74) is 0.378. The van der Waals surface area contributed by atoms with Gasteiger partial charge in [0, 0.05) is 23.8 Å². The highest BCUT2D eigenvalue weighted by Crippen LogP contribution is 2.60. The van der Waals surface area contributed by atoms with Gasteiger partial charge in [-0.05, 0) is 49.7 Å². The number of hydrogen-bond donors (Lipinski definition) is 1. The van der Waals surface area contributed by atoms with Gasteiger partial charge in [0.15, 0.2) is 14.1 Å². The van der Waals surface area contributed by atoms with Crippen LogP contribution in [-0.2, 0) is 14.0 Å². The van der Waals surface area contributed by atoms with Crippen LogP contribution in [0.25, 0.3) is 0 Å². The van der Waals surface area contributed by atoms with Gasteiger partial charge in [-0.25, -0.2) is 0 Å². The predicted molar refractivity (Wildman–Crippen MR) is 99.0 cm³/mol. The van der Waals surface area contributed by atoms with E-state index in [0.717, 1.165) is 25.7 Å². The van der Waals surface area contributed by atoms with Crippen LogP contribution < -0.4 is 0 Å². The number of carbonyl (C=O) groups is 1. The van der Waals surface area contributed by atoms with Crippen LogP contribution in [0.2, 0.25) is 18.1 Å². The Morgan fingerprint density at radius 2 is 1.96 bits per heavy atom. The Morgan fingerprint density at radius 1 is 1.24 bits per heavy atom. The highest BCUT2D eigenvalue weighted by molar-refractivity contribution is 6.74. The maximum Gasteiger partial charge on any atom is 0.192 e. The van der Waals surface area contributed by atoms with Crippen LogP contribution in [-0.4, -0.2) is 37.5 Å². The molecule has 1 saturated heterocycles. The minimum absolute atomic E-state index is 0.0518. The van der Waals surface area contributed by atoms with Crippen molar-refractivity contribution in [2.24, 2.45) is 11.3 Å². The second kappa shape index (κ2) is 5.43. The Hall–Kier alpha value is -0.653. The van der Waals surface area contributed by atoms with E-state index in [9.17, 15) is 9.90 Å². The highest BCUT2D eigenvalue weighted by Gasteiger charge is 2.62. The Kier molecular flexibility index (Phi) is 3.85. The molecule has 1 N–H and O–H groups in total. The number of hydrogen-bond acceptors (Lipinski definition) is 4. The zero-order chi connectivity index (χ0) is 18.2. The van der Waals surface area contributed by atoms with Gasteiger partial charge in [0.2, 0.25) is 0 Å². The average Bonchev–Trinajstić information content (AvgIpc) is 3.16. The van der Waals surface area contributed by atoms with Crippen molar-refractivity contribution in [3.05, 3.63) is 11.3 Å². The molecule has 3 fully saturated rings. The first-order valence-electron chi connectivity index (χ1n) is 9.84. The summed E-state index contributed by atoms with van der Waals surface area (Å²) in [6.07, 6.45) is 5.35. The second-order valence-corrected chi connectivity index (χ2v) is 14.9. The molecule has 2 bridgehead atoms. The van der Waals surface area contributed by atoms with E-state index in [-0.39, 0.29) is 28.4 Å². The molecular formula is C20H32O4Si. The van der Waals surface area contributed by atoms with Crippen molar-refractivity contribution >= 4 is 14.1 Å². The van der Waals surface area contributed by atoms with E-state index in [1.165, 1.54) is 0 Å². The smallest absolute Gasteiger partial charge is 0.192 e. The standard InChI is InChI=1S/C20H32O4Si/c1-19(2,3)25(4,5)24-18-12-6-7-13(21)17-14(22)8-9-20(17,18)11-16-15(10-12)23-16/h12,15-16,18,22H,6-11H2,1-5H3/t12-,15-,16+,18+,20-/m0/s1. The lowest BCUT2D eigenvalue weighted by Crippen LogP contribution is -2.52. The van der Waals surface area contributed by atoms with Gasteiger partial charge in [0.25, 0.3) is 0 Å². The van der Waals surface area contributed by atoms with Gasteiger partial charge in [-0.1, -0.05) is 20.8 Å². The minimum atomic E-state index is -1.98.